The number of likely N-dealkylation sites (N-methyl/N-ethyl adjacent to an activating group) is 1. The van der Waals surface area contributed by atoms with E-state index in [2.05, 4.69) is 4.98 Å². The van der Waals surface area contributed by atoms with Gasteiger partial charge in [0.25, 0.3) is 0 Å². The number of amides is 2. The first kappa shape index (κ1) is 20.0. The van der Waals surface area contributed by atoms with E-state index in [4.69, 9.17) is 17.3 Å². The van der Waals surface area contributed by atoms with Gasteiger partial charge in [-0.05, 0) is 23.8 Å². The fourth-order valence-corrected chi connectivity index (χ4v) is 3.97. The summed E-state index contributed by atoms with van der Waals surface area (Å²) in [5.41, 5.74) is 7.12. The van der Waals surface area contributed by atoms with Crippen LogP contribution in [0.25, 0.3) is 10.6 Å². The summed E-state index contributed by atoms with van der Waals surface area (Å²) in [4.78, 5) is 30.3. The number of nitrogens with two attached hydrogens (primary N) is 1. The maximum absolute atomic E-state index is 13.5. The molecule has 0 saturated carbocycles. The summed E-state index contributed by atoms with van der Waals surface area (Å²) in [5.74, 6) is -1.60. The quantitative estimate of drug-likeness (QED) is 0.662. The summed E-state index contributed by atoms with van der Waals surface area (Å²) in [6, 6.07) is 11.7. The second kappa shape index (κ2) is 8.50. The van der Waals surface area contributed by atoms with Crippen LogP contribution in [0.15, 0.2) is 53.9 Å². The van der Waals surface area contributed by atoms with Gasteiger partial charge in [0.05, 0.1) is 17.1 Å². The molecule has 0 aliphatic rings. The summed E-state index contributed by atoms with van der Waals surface area (Å²) in [6.45, 7) is 0. The normalized spacial score (nSPS) is 11.8. The lowest BCUT2D eigenvalue weighted by molar-refractivity contribution is -0.137. The van der Waals surface area contributed by atoms with E-state index in [9.17, 15) is 14.0 Å². The Labute approximate surface area is 170 Å². The van der Waals surface area contributed by atoms with Gasteiger partial charge in [0.15, 0.2) is 0 Å². The van der Waals surface area contributed by atoms with E-state index >= 15 is 0 Å². The molecule has 0 radical (unpaired) electrons. The molecule has 28 heavy (non-hydrogen) atoms. The highest BCUT2D eigenvalue weighted by Crippen LogP contribution is 2.30. The first-order chi connectivity index (χ1) is 13.4. The van der Waals surface area contributed by atoms with Crippen molar-refractivity contribution in [3.8, 4) is 10.6 Å². The van der Waals surface area contributed by atoms with Crippen molar-refractivity contribution in [3.05, 3.63) is 76.0 Å². The molecule has 8 heteroatoms. The van der Waals surface area contributed by atoms with Crippen LogP contribution in [-0.2, 0) is 16.0 Å². The van der Waals surface area contributed by atoms with Crippen LogP contribution in [0.4, 0.5) is 4.39 Å². The van der Waals surface area contributed by atoms with Crippen LogP contribution >= 0.6 is 22.9 Å². The predicted molar refractivity (Wildman–Crippen MR) is 107 cm³/mol. The van der Waals surface area contributed by atoms with Gasteiger partial charge >= 0.3 is 0 Å². The summed E-state index contributed by atoms with van der Waals surface area (Å²) in [7, 11) is 1.46. The molecular formula is C20H17ClFN3O2S. The van der Waals surface area contributed by atoms with E-state index in [0.717, 1.165) is 5.56 Å². The van der Waals surface area contributed by atoms with Gasteiger partial charge in [0, 0.05) is 18.0 Å². The third-order valence-electron chi connectivity index (χ3n) is 4.20. The van der Waals surface area contributed by atoms with Crippen molar-refractivity contribution in [2.24, 2.45) is 5.73 Å². The van der Waals surface area contributed by atoms with Crippen LogP contribution in [0.3, 0.4) is 0 Å². The van der Waals surface area contributed by atoms with E-state index < -0.39 is 17.8 Å². The topological polar surface area (TPSA) is 76.3 Å². The van der Waals surface area contributed by atoms with Gasteiger partial charge < -0.3 is 10.6 Å². The van der Waals surface area contributed by atoms with E-state index in [1.807, 2.05) is 18.2 Å². The van der Waals surface area contributed by atoms with Gasteiger partial charge in [-0.3, -0.25) is 9.59 Å². The number of thiazole rings is 1. The fraction of sp³-hybridized carbons (Fsp3) is 0.150. The largest absolute Gasteiger partial charge is 0.368 e. The summed E-state index contributed by atoms with van der Waals surface area (Å²) < 4.78 is 13.5. The van der Waals surface area contributed by atoms with Gasteiger partial charge in [-0.15, -0.1) is 11.3 Å². The number of halogens is 2. The Morgan fingerprint density at radius 1 is 1.25 bits per heavy atom. The molecule has 2 N–H and O–H groups in total. The SMILES string of the molecule is CN(C(=O)Cc1csc(-c2ccccc2Cl)n1)C(C(N)=O)c1cccc(F)c1. The first-order valence-corrected chi connectivity index (χ1v) is 9.62. The number of hydrogen-bond acceptors (Lipinski definition) is 4. The lowest BCUT2D eigenvalue weighted by Crippen LogP contribution is -2.40. The molecule has 3 rings (SSSR count). The molecule has 0 saturated heterocycles. The average molecular weight is 418 g/mol. The van der Waals surface area contributed by atoms with Crippen LogP contribution in [0.5, 0.6) is 0 Å². The van der Waals surface area contributed by atoms with Crippen LogP contribution in [0, 0.1) is 5.82 Å². The maximum atomic E-state index is 13.5. The zero-order valence-corrected chi connectivity index (χ0v) is 16.5. The van der Waals surface area contributed by atoms with Gasteiger partial charge in [0.1, 0.15) is 16.9 Å². The molecule has 0 aliphatic heterocycles. The van der Waals surface area contributed by atoms with Gasteiger partial charge in [-0.1, -0.05) is 41.9 Å². The number of rotatable bonds is 6. The van der Waals surface area contributed by atoms with E-state index in [1.54, 1.807) is 17.5 Å². The van der Waals surface area contributed by atoms with Crippen molar-refractivity contribution in [3.63, 3.8) is 0 Å². The number of hydrogen-bond donors (Lipinski definition) is 1. The average Bonchev–Trinajstić information content (AvgIpc) is 3.10. The molecule has 1 unspecified atom stereocenters. The maximum Gasteiger partial charge on any atom is 0.244 e. The molecule has 0 aliphatic carbocycles. The smallest absolute Gasteiger partial charge is 0.244 e. The Bertz CT molecular complexity index is 1020. The van der Waals surface area contributed by atoms with Crippen LogP contribution in [-0.4, -0.2) is 28.7 Å². The minimum absolute atomic E-state index is 0.0173. The fourth-order valence-electron chi connectivity index (χ4n) is 2.83. The van der Waals surface area contributed by atoms with Crippen molar-refractivity contribution in [1.82, 2.24) is 9.88 Å². The number of carbonyl (C=O) groups excluding carboxylic acids is 2. The monoisotopic (exact) mass is 417 g/mol. The van der Waals surface area contributed by atoms with Crippen molar-refractivity contribution in [1.29, 1.82) is 0 Å². The second-order valence-corrected chi connectivity index (χ2v) is 7.43. The Balaban J connectivity index is 1.78. The number of benzene rings is 2. The van der Waals surface area contributed by atoms with Crippen molar-refractivity contribution in [2.75, 3.05) is 7.05 Å². The molecule has 2 aromatic carbocycles. The Kier molecular flexibility index (Phi) is 6.06. The second-order valence-electron chi connectivity index (χ2n) is 6.17. The Morgan fingerprint density at radius 3 is 2.68 bits per heavy atom. The Morgan fingerprint density at radius 2 is 2.00 bits per heavy atom. The summed E-state index contributed by atoms with van der Waals surface area (Å²) in [5, 5.41) is 3.05. The highest BCUT2D eigenvalue weighted by atomic mass is 35.5. The standard InChI is InChI=1S/C20H17ClFN3O2S/c1-25(18(19(23)27)12-5-4-6-13(22)9-12)17(26)10-14-11-28-20(24-14)15-7-2-3-8-16(15)21/h2-9,11,18H,10H2,1H3,(H2,23,27). The van der Waals surface area contributed by atoms with Crippen LogP contribution in [0.1, 0.15) is 17.3 Å². The van der Waals surface area contributed by atoms with Crippen molar-refractivity contribution < 1.29 is 14.0 Å². The minimum Gasteiger partial charge on any atom is -0.368 e. The highest BCUT2D eigenvalue weighted by Gasteiger charge is 2.27. The first-order valence-electron chi connectivity index (χ1n) is 8.36. The summed E-state index contributed by atoms with van der Waals surface area (Å²) in [6.07, 6.45) is -0.0173. The van der Waals surface area contributed by atoms with Crippen molar-refractivity contribution in [2.45, 2.75) is 12.5 Å². The van der Waals surface area contributed by atoms with Gasteiger partial charge in [-0.25, -0.2) is 9.37 Å². The number of aromatic nitrogens is 1. The lowest BCUT2D eigenvalue weighted by atomic mass is 10.0. The molecule has 1 heterocycles. The van der Waals surface area contributed by atoms with Crippen LogP contribution < -0.4 is 5.73 Å². The van der Waals surface area contributed by atoms with E-state index in [0.29, 0.717) is 21.3 Å². The van der Waals surface area contributed by atoms with E-state index in [-0.39, 0.29) is 12.3 Å². The zero-order valence-electron chi connectivity index (χ0n) is 14.9. The minimum atomic E-state index is -1.06. The zero-order chi connectivity index (χ0) is 20.3. The molecule has 0 bridgehead atoms. The molecule has 5 nitrogen and oxygen atoms in total. The highest BCUT2D eigenvalue weighted by molar-refractivity contribution is 7.13. The molecular weight excluding hydrogens is 401 g/mol. The predicted octanol–water partition coefficient (Wildman–Crippen LogP) is 3.83. The molecule has 2 amide bonds. The third-order valence-corrected chi connectivity index (χ3v) is 5.46. The number of nitrogens with zero attached hydrogens (tertiary/aromatic N) is 2. The summed E-state index contributed by atoms with van der Waals surface area (Å²) >= 11 is 7.57. The third kappa shape index (κ3) is 4.37. The lowest BCUT2D eigenvalue weighted by Gasteiger charge is -2.26. The molecule has 144 valence electrons. The Hall–Kier alpha value is -2.77. The van der Waals surface area contributed by atoms with Crippen LogP contribution in [0.2, 0.25) is 5.02 Å². The van der Waals surface area contributed by atoms with Gasteiger partial charge in [-0.2, -0.15) is 0 Å². The molecule has 3 aromatic rings. The molecule has 1 atom stereocenters. The van der Waals surface area contributed by atoms with Gasteiger partial charge in [0.2, 0.25) is 11.8 Å². The molecule has 1 aromatic heterocycles. The molecule has 0 fully saturated rings. The number of carbonyl (C=O) groups is 2. The molecule has 0 spiro atoms. The van der Waals surface area contributed by atoms with Crippen molar-refractivity contribution >= 4 is 34.8 Å². The number of primary amides is 1. The van der Waals surface area contributed by atoms with E-state index in [1.165, 1.54) is 41.5 Å².